The molecule has 4 rings (SSSR count). The molecule has 0 unspecified atom stereocenters. The highest BCUT2D eigenvalue weighted by Crippen LogP contribution is 2.45. The molecule has 2 aromatic rings. The van der Waals surface area contributed by atoms with Gasteiger partial charge < -0.3 is 10.6 Å². The third-order valence-corrected chi connectivity index (χ3v) is 4.92. The van der Waals surface area contributed by atoms with Crippen LogP contribution in [-0.2, 0) is 0 Å². The number of rotatable bonds is 3. The second kappa shape index (κ2) is 5.60. The lowest BCUT2D eigenvalue weighted by molar-refractivity contribution is 0.500. The standard InChI is InChI=1S/C17H21ClN4/c18-13-2-1-3-15(10-13)22-17(12-4-5-12)16(11-20-22)21-8-6-14(19)7-9-21/h1-3,10-12,14H,4-9,19H2. The number of benzene rings is 1. The van der Waals surface area contributed by atoms with Crippen molar-refractivity contribution in [3.8, 4) is 5.69 Å². The van der Waals surface area contributed by atoms with Gasteiger partial charge in [-0.3, -0.25) is 0 Å². The highest BCUT2D eigenvalue weighted by Gasteiger charge is 2.33. The van der Waals surface area contributed by atoms with Crippen LogP contribution in [-0.4, -0.2) is 28.9 Å². The quantitative estimate of drug-likeness (QED) is 0.944. The van der Waals surface area contributed by atoms with Crippen LogP contribution in [0.25, 0.3) is 5.69 Å². The van der Waals surface area contributed by atoms with Gasteiger partial charge in [-0.2, -0.15) is 5.10 Å². The zero-order valence-corrected chi connectivity index (χ0v) is 13.3. The van der Waals surface area contributed by atoms with Crippen molar-refractivity contribution >= 4 is 17.3 Å². The zero-order chi connectivity index (χ0) is 15.1. The lowest BCUT2D eigenvalue weighted by Gasteiger charge is -2.32. The molecule has 1 saturated carbocycles. The van der Waals surface area contributed by atoms with Crippen LogP contribution in [0.3, 0.4) is 0 Å². The van der Waals surface area contributed by atoms with E-state index in [9.17, 15) is 0 Å². The summed E-state index contributed by atoms with van der Waals surface area (Å²) in [5.74, 6) is 0.632. The van der Waals surface area contributed by atoms with Gasteiger partial charge in [0.1, 0.15) is 0 Å². The average Bonchev–Trinajstić information content (AvgIpc) is 3.27. The summed E-state index contributed by atoms with van der Waals surface area (Å²) in [4.78, 5) is 2.45. The van der Waals surface area contributed by atoms with E-state index in [0.717, 1.165) is 36.6 Å². The van der Waals surface area contributed by atoms with Gasteiger partial charge in [0, 0.05) is 30.1 Å². The molecule has 1 aromatic heterocycles. The summed E-state index contributed by atoms with van der Waals surface area (Å²) in [7, 11) is 0. The number of nitrogens with two attached hydrogens (primary N) is 1. The Labute approximate surface area is 135 Å². The number of piperidine rings is 1. The molecule has 0 spiro atoms. The number of hydrogen-bond acceptors (Lipinski definition) is 3. The van der Waals surface area contributed by atoms with E-state index in [1.807, 2.05) is 24.4 Å². The van der Waals surface area contributed by atoms with Crippen LogP contribution in [0.15, 0.2) is 30.5 Å². The fourth-order valence-electron chi connectivity index (χ4n) is 3.29. The number of halogens is 1. The van der Waals surface area contributed by atoms with Crippen LogP contribution in [0.1, 0.15) is 37.3 Å². The van der Waals surface area contributed by atoms with E-state index in [2.05, 4.69) is 20.7 Å². The molecule has 22 heavy (non-hydrogen) atoms. The molecule has 0 radical (unpaired) electrons. The molecule has 2 heterocycles. The maximum Gasteiger partial charge on any atom is 0.0792 e. The monoisotopic (exact) mass is 316 g/mol. The largest absolute Gasteiger partial charge is 0.369 e. The smallest absolute Gasteiger partial charge is 0.0792 e. The molecule has 0 amide bonds. The summed E-state index contributed by atoms with van der Waals surface area (Å²) in [5.41, 5.74) is 9.72. The van der Waals surface area contributed by atoms with Crippen LogP contribution in [0.2, 0.25) is 5.02 Å². The van der Waals surface area contributed by atoms with Crippen molar-refractivity contribution < 1.29 is 0 Å². The van der Waals surface area contributed by atoms with Gasteiger partial charge >= 0.3 is 0 Å². The fourth-order valence-corrected chi connectivity index (χ4v) is 3.47. The molecule has 2 aliphatic rings. The van der Waals surface area contributed by atoms with E-state index < -0.39 is 0 Å². The van der Waals surface area contributed by atoms with Crippen LogP contribution >= 0.6 is 11.6 Å². The Morgan fingerprint density at radius 2 is 1.91 bits per heavy atom. The minimum Gasteiger partial charge on any atom is -0.369 e. The van der Waals surface area contributed by atoms with E-state index >= 15 is 0 Å². The van der Waals surface area contributed by atoms with Gasteiger partial charge in [0.2, 0.25) is 0 Å². The summed E-state index contributed by atoms with van der Waals surface area (Å²) in [6.07, 6.45) is 6.66. The second-order valence-electron chi connectivity index (χ2n) is 6.41. The first kappa shape index (κ1) is 14.1. The van der Waals surface area contributed by atoms with E-state index in [-0.39, 0.29) is 0 Å². The Morgan fingerprint density at radius 3 is 2.59 bits per heavy atom. The summed E-state index contributed by atoms with van der Waals surface area (Å²) in [6.45, 7) is 2.06. The van der Waals surface area contributed by atoms with Crippen molar-refractivity contribution in [3.63, 3.8) is 0 Å². The van der Waals surface area contributed by atoms with Crippen molar-refractivity contribution in [2.45, 2.75) is 37.6 Å². The molecular weight excluding hydrogens is 296 g/mol. The van der Waals surface area contributed by atoms with Crippen molar-refractivity contribution in [1.82, 2.24) is 9.78 Å². The van der Waals surface area contributed by atoms with Crippen molar-refractivity contribution in [2.24, 2.45) is 5.73 Å². The van der Waals surface area contributed by atoms with Gasteiger partial charge in [-0.25, -0.2) is 4.68 Å². The molecule has 5 heteroatoms. The highest BCUT2D eigenvalue weighted by atomic mass is 35.5. The third-order valence-electron chi connectivity index (χ3n) is 4.68. The van der Waals surface area contributed by atoms with E-state index in [1.54, 1.807) is 0 Å². The number of aromatic nitrogens is 2. The van der Waals surface area contributed by atoms with Crippen LogP contribution in [0.5, 0.6) is 0 Å². The summed E-state index contributed by atoms with van der Waals surface area (Å²) in [6, 6.07) is 8.29. The minimum absolute atomic E-state index is 0.351. The Hall–Kier alpha value is -1.52. The van der Waals surface area contributed by atoms with E-state index in [0.29, 0.717) is 12.0 Å². The average molecular weight is 317 g/mol. The maximum absolute atomic E-state index is 6.15. The first-order valence-electron chi connectivity index (χ1n) is 8.07. The minimum atomic E-state index is 0.351. The summed E-state index contributed by atoms with van der Waals surface area (Å²) < 4.78 is 2.08. The van der Waals surface area contributed by atoms with Crippen molar-refractivity contribution in [1.29, 1.82) is 0 Å². The molecule has 2 fully saturated rings. The predicted octanol–water partition coefficient (Wildman–Crippen LogP) is 3.33. The predicted molar refractivity (Wildman–Crippen MR) is 90.0 cm³/mol. The fraction of sp³-hybridized carbons (Fsp3) is 0.471. The normalized spacial score (nSPS) is 19.6. The van der Waals surface area contributed by atoms with Crippen LogP contribution in [0.4, 0.5) is 5.69 Å². The first-order valence-corrected chi connectivity index (χ1v) is 8.44. The molecule has 116 valence electrons. The lowest BCUT2D eigenvalue weighted by Crippen LogP contribution is -2.39. The van der Waals surface area contributed by atoms with Gasteiger partial charge in [0.25, 0.3) is 0 Å². The first-order chi connectivity index (χ1) is 10.7. The highest BCUT2D eigenvalue weighted by molar-refractivity contribution is 6.30. The molecule has 0 bridgehead atoms. The van der Waals surface area contributed by atoms with E-state index in [1.165, 1.54) is 24.2 Å². The Morgan fingerprint density at radius 1 is 1.14 bits per heavy atom. The molecule has 1 saturated heterocycles. The van der Waals surface area contributed by atoms with Gasteiger partial charge in [-0.1, -0.05) is 17.7 Å². The summed E-state index contributed by atoms with van der Waals surface area (Å²) >= 11 is 6.15. The van der Waals surface area contributed by atoms with Crippen LogP contribution < -0.4 is 10.6 Å². The Balaban J connectivity index is 1.71. The molecule has 1 aromatic carbocycles. The van der Waals surface area contributed by atoms with Gasteiger partial charge in [-0.15, -0.1) is 0 Å². The molecule has 2 N–H and O–H groups in total. The Bertz CT molecular complexity index is 669. The molecule has 1 aliphatic carbocycles. The van der Waals surface area contributed by atoms with Crippen molar-refractivity contribution in [2.75, 3.05) is 18.0 Å². The van der Waals surface area contributed by atoms with E-state index in [4.69, 9.17) is 17.3 Å². The molecule has 0 atom stereocenters. The van der Waals surface area contributed by atoms with Crippen LogP contribution in [0, 0.1) is 0 Å². The Kier molecular flexibility index (Phi) is 3.59. The molecule has 4 nitrogen and oxygen atoms in total. The SMILES string of the molecule is NC1CCN(c2cnn(-c3cccc(Cl)c3)c2C2CC2)CC1. The second-order valence-corrected chi connectivity index (χ2v) is 6.84. The maximum atomic E-state index is 6.15. The van der Waals surface area contributed by atoms with Crippen molar-refractivity contribution in [3.05, 3.63) is 41.2 Å². The molecule has 1 aliphatic heterocycles. The van der Waals surface area contributed by atoms with Gasteiger partial charge in [0.15, 0.2) is 0 Å². The summed E-state index contributed by atoms with van der Waals surface area (Å²) in [5, 5.41) is 5.42. The molecular formula is C17H21ClN4. The third kappa shape index (κ3) is 2.61. The van der Waals surface area contributed by atoms with Gasteiger partial charge in [-0.05, 0) is 43.9 Å². The topological polar surface area (TPSA) is 47.1 Å². The number of nitrogens with zero attached hydrogens (tertiary/aromatic N) is 3. The lowest BCUT2D eigenvalue weighted by atomic mass is 10.1. The number of hydrogen-bond donors (Lipinski definition) is 1. The number of anilines is 1. The zero-order valence-electron chi connectivity index (χ0n) is 12.6. The van der Waals surface area contributed by atoms with Gasteiger partial charge in [0.05, 0.1) is 23.3 Å².